The summed E-state index contributed by atoms with van der Waals surface area (Å²) in [6.45, 7) is 4.45. The molecule has 2 aromatic carbocycles. The second-order valence-corrected chi connectivity index (χ2v) is 7.90. The van der Waals surface area contributed by atoms with Crippen LogP contribution in [-0.2, 0) is 10.5 Å². The lowest BCUT2D eigenvalue weighted by Crippen LogP contribution is -2.40. The van der Waals surface area contributed by atoms with E-state index in [9.17, 15) is 4.79 Å². The van der Waals surface area contributed by atoms with Crippen molar-refractivity contribution in [2.75, 3.05) is 33.4 Å². The summed E-state index contributed by atoms with van der Waals surface area (Å²) in [5, 5.41) is 9.39. The molecule has 0 N–H and O–H groups in total. The molecule has 4 rings (SSSR count). The molecular formula is C22H24N4O3S. The third-order valence-corrected chi connectivity index (χ3v) is 5.99. The van der Waals surface area contributed by atoms with Crippen molar-refractivity contribution in [3.63, 3.8) is 0 Å². The van der Waals surface area contributed by atoms with Gasteiger partial charge >= 0.3 is 0 Å². The number of aromatic nitrogens is 3. The van der Waals surface area contributed by atoms with Crippen LogP contribution >= 0.6 is 11.8 Å². The summed E-state index contributed by atoms with van der Waals surface area (Å²) in [4.78, 5) is 14.4. The molecule has 1 amide bonds. The number of morpholine rings is 1. The van der Waals surface area contributed by atoms with E-state index >= 15 is 0 Å². The van der Waals surface area contributed by atoms with Crippen LogP contribution < -0.4 is 4.74 Å². The van der Waals surface area contributed by atoms with Crippen molar-refractivity contribution >= 4 is 17.7 Å². The van der Waals surface area contributed by atoms with Crippen LogP contribution in [0.25, 0.3) is 5.69 Å². The molecule has 1 saturated heterocycles. The molecule has 0 radical (unpaired) electrons. The first-order valence-electron chi connectivity index (χ1n) is 9.81. The van der Waals surface area contributed by atoms with Gasteiger partial charge in [0.1, 0.15) is 11.6 Å². The molecule has 1 fully saturated rings. The van der Waals surface area contributed by atoms with Crippen LogP contribution in [0.15, 0.2) is 53.7 Å². The molecule has 156 valence electrons. The van der Waals surface area contributed by atoms with Crippen molar-refractivity contribution in [2.24, 2.45) is 0 Å². The van der Waals surface area contributed by atoms with Crippen molar-refractivity contribution < 1.29 is 14.3 Å². The van der Waals surface area contributed by atoms with Crippen molar-refractivity contribution in [3.05, 3.63) is 65.5 Å². The summed E-state index contributed by atoms with van der Waals surface area (Å²) in [5.74, 6) is 2.44. The lowest BCUT2D eigenvalue weighted by atomic mass is 10.1. The zero-order valence-electron chi connectivity index (χ0n) is 17.1. The average Bonchev–Trinajstić information content (AvgIpc) is 3.18. The Morgan fingerprint density at radius 3 is 2.43 bits per heavy atom. The van der Waals surface area contributed by atoms with Gasteiger partial charge in [-0.3, -0.25) is 9.36 Å². The van der Waals surface area contributed by atoms with Gasteiger partial charge in [0.25, 0.3) is 5.91 Å². The molecule has 2 heterocycles. The molecule has 8 heteroatoms. The van der Waals surface area contributed by atoms with E-state index < -0.39 is 0 Å². The third-order valence-electron chi connectivity index (χ3n) is 4.99. The van der Waals surface area contributed by atoms with Crippen molar-refractivity contribution in [2.45, 2.75) is 17.8 Å². The molecule has 0 unspecified atom stereocenters. The summed E-state index contributed by atoms with van der Waals surface area (Å²) < 4.78 is 12.6. The Kier molecular flexibility index (Phi) is 6.35. The lowest BCUT2D eigenvalue weighted by Gasteiger charge is -2.26. The van der Waals surface area contributed by atoms with E-state index in [0.717, 1.165) is 33.7 Å². The zero-order valence-corrected chi connectivity index (χ0v) is 17.9. The number of nitrogens with zero attached hydrogens (tertiary/aromatic N) is 4. The van der Waals surface area contributed by atoms with Crippen LogP contribution in [0.5, 0.6) is 5.75 Å². The number of carbonyl (C=O) groups excluding carboxylic acids is 1. The van der Waals surface area contributed by atoms with Crippen LogP contribution in [0.2, 0.25) is 0 Å². The lowest BCUT2D eigenvalue weighted by molar-refractivity contribution is 0.0303. The molecule has 7 nitrogen and oxygen atoms in total. The molecule has 0 bridgehead atoms. The van der Waals surface area contributed by atoms with Gasteiger partial charge in [-0.05, 0) is 48.9 Å². The predicted octanol–water partition coefficient (Wildman–Crippen LogP) is 3.35. The number of carbonyl (C=O) groups is 1. The minimum Gasteiger partial charge on any atom is -0.497 e. The number of hydrogen-bond acceptors (Lipinski definition) is 6. The largest absolute Gasteiger partial charge is 0.497 e. The number of methoxy groups -OCH3 is 1. The fraction of sp³-hybridized carbons (Fsp3) is 0.318. The monoisotopic (exact) mass is 424 g/mol. The van der Waals surface area contributed by atoms with E-state index in [1.54, 1.807) is 18.9 Å². The van der Waals surface area contributed by atoms with Crippen LogP contribution in [0.4, 0.5) is 0 Å². The van der Waals surface area contributed by atoms with Gasteiger partial charge in [-0.25, -0.2) is 0 Å². The number of benzene rings is 2. The maximum atomic E-state index is 12.6. The maximum absolute atomic E-state index is 12.6. The molecule has 1 aliphatic heterocycles. The van der Waals surface area contributed by atoms with E-state index in [0.29, 0.717) is 31.9 Å². The maximum Gasteiger partial charge on any atom is 0.254 e. The van der Waals surface area contributed by atoms with Gasteiger partial charge in [0.2, 0.25) is 0 Å². The summed E-state index contributed by atoms with van der Waals surface area (Å²) in [6.07, 6.45) is 0. The molecule has 0 aliphatic carbocycles. The second kappa shape index (κ2) is 9.32. The van der Waals surface area contributed by atoms with E-state index in [1.807, 2.05) is 64.9 Å². The summed E-state index contributed by atoms with van der Waals surface area (Å²) in [6, 6.07) is 15.6. The summed E-state index contributed by atoms with van der Waals surface area (Å²) >= 11 is 1.61. The summed E-state index contributed by atoms with van der Waals surface area (Å²) in [7, 11) is 1.65. The Labute approximate surface area is 180 Å². The fourth-order valence-electron chi connectivity index (χ4n) is 3.31. The third kappa shape index (κ3) is 4.49. The SMILES string of the molecule is COc1ccc(-n2c(C)nnc2SCc2ccc(C(=O)N3CCOCC3)cc2)cc1. The summed E-state index contributed by atoms with van der Waals surface area (Å²) in [5.41, 5.74) is 2.83. The Hall–Kier alpha value is -2.84. The first-order chi connectivity index (χ1) is 14.7. The topological polar surface area (TPSA) is 69.5 Å². The van der Waals surface area contributed by atoms with Gasteiger partial charge in [0.05, 0.1) is 20.3 Å². The first kappa shape index (κ1) is 20.4. The van der Waals surface area contributed by atoms with E-state index in [2.05, 4.69) is 10.2 Å². The van der Waals surface area contributed by atoms with Gasteiger partial charge in [-0.1, -0.05) is 23.9 Å². The zero-order chi connectivity index (χ0) is 20.9. The Morgan fingerprint density at radius 1 is 1.07 bits per heavy atom. The van der Waals surface area contributed by atoms with Gasteiger partial charge in [0, 0.05) is 30.1 Å². The number of thioether (sulfide) groups is 1. The van der Waals surface area contributed by atoms with Crippen LogP contribution in [0, 0.1) is 6.92 Å². The normalized spacial score (nSPS) is 14.0. The van der Waals surface area contributed by atoms with Crippen molar-refractivity contribution in [3.8, 4) is 11.4 Å². The number of aryl methyl sites for hydroxylation is 1. The van der Waals surface area contributed by atoms with Crippen LogP contribution in [0.1, 0.15) is 21.7 Å². The van der Waals surface area contributed by atoms with Crippen molar-refractivity contribution in [1.29, 1.82) is 0 Å². The molecule has 0 atom stereocenters. The van der Waals surface area contributed by atoms with Gasteiger partial charge in [-0.15, -0.1) is 10.2 Å². The minimum atomic E-state index is 0.0624. The first-order valence-corrected chi connectivity index (χ1v) is 10.8. The predicted molar refractivity (Wildman–Crippen MR) is 115 cm³/mol. The highest BCUT2D eigenvalue weighted by atomic mass is 32.2. The molecule has 1 aromatic heterocycles. The highest BCUT2D eigenvalue weighted by molar-refractivity contribution is 7.98. The molecular weight excluding hydrogens is 400 g/mol. The number of rotatable bonds is 6. The van der Waals surface area contributed by atoms with Gasteiger partial charge in [0.15, 0.2) is 5.16 Å². The molecule has 1 aliphatic rings. The average molecular weight is 425 g/mol. The quantitative estimate of drug-likeness (QED) is 0.565. The molecule has 3 aromatic rings. The fourth-order valence-corrected chi connectivity index (χ4v) is 4.26. The highest BCUT2D eigenvalue weighted by Crippen LogP contribution is 2.26. The smallest absolute Gasteiger partial charge is 0.254 e. The Bertz CT molecular complexity index is 996. The minimum absolute atomic E-state index is 0.0624. The Balaban J connectivity index is 1.43. The standard InChI is InChI=1S/C22H24N4O3S/c1-16-23-24-22(26(16)19-7-9-20(28-2)10-8-19)30-15-17-3-5-18(6-4-17)21(27)25-11-13-29-14-12-25/h3-10H,11-15H2,1-2H3. The van der Waals surface area contributed by atoms with Crippen LogP contribution in [0.3, 0.4) is 0 Å². The van der Waals surface area contributed by atoms with E-state index in [1.165, 1.54) is 0 Å². The van der Waals surface area contributed by atoms with Gasteiger partial charge in [-0.2, -0.15) is 0 Å². The molecule has 0 saturated carbocycles. The van der Waals surface area contributed by atoms with Gasteiger partial charge < -0.3 is 14.4 Å². The molecule has 0 spiro atoms. The van der Waals surface area contributed by atoms with Crippen molar-refractivity contribution in [1.82, 2.24) is 19.7 Å². The Morgan fingerprint density at radius 2 is 1.77 bits per heavy atom. The number of amides is 1. The highest BCUT2D eigenvalue weighted by Gasteiger charge is 2.18. The molecule has 30 heavy (non-hydrogen) atoms. The number of hydrogen-bond donors (Lipinski definition) is 0. The second-order valence-electron chi connectivity index (χ2n) is 6.95. The van der Waals surface area contributed by atoms with E-state index in [-0.39, 0.29) is 5.91 Å². The number of ether oxygens (including phenoxy) is 2. The van der Waals surface area contributed by atoms with Crippen LogP contribution in [-0.4, -0.2) is 59.0 Å². The van der Waals surface area contributed by atoms with E-state index in [4.69, 9.17) is 9.47 Å².